The second-order valence-electron chi connectivity index (χ2n) is 6.14. The molecule has 1 saturated carbocycles. The Morgan fingerprint density at radius 1 is 1.24 bits per heavy atom. The van der Waals surface area contributed by atoms with Gasteiger partial charge in [0.25, 0.3) is 0 Å². The topological polar surface area (TPSA) is 46.5 Å². The maximum atomic E-state index is 11.6. The first-order valence-corrected chi connectivity index (χ1v) is 7.36. The molecular formula is C18H20O3. The molecule has 2 aromatic rings. The summed E-state index contributed by atoms with van der Waals surface area (Å²) in [5.74, 6) is 0.257. The summed E-state index contributed by atoms with van der Waals surface area (Å²) in [6.45, 7) is 1.88. The Hall–Kier alpha value is -2.03. The van der Waals surface area contributed by atoms with E-state index in [0.717, 1.165) is 41.3 Å². The Balaban J connectivity index is 2.03. The molecule has 2 aromatic carbocycles. The number of carboxylic acids is 1. The van der Waals surface area contributed by atoms with Crippen molar-refractivity contribution in [1.29, 1.82) is 0 Å². The van der Waals surface area contributed by atoms with Crippen LogP contribution in [0.25, 0.3) is 10.8 Å². The third kappa shape index (κ3) is 2.27. The SMILES string of the molecule is COc1ccc2cc([C@H]3CCC[C@]3(C)C(=O)O)ccc2c1. The fourth-order valence-corrected chi connectivity index (χ4v) is 3.54. The smallest absolute Gasteiger partial charge is 0.309 e. The highest BCUT2D eigenvalue weighted by molar-refractivity contribution is 5.85. The first-order valence-electron chi connectivity index (χ1n) is 7.36. The number of carboxylic acid groups (broad SMARTS) is 1. The van der Waals surface area contributed by atoms with E-state index in [1.165, 1.54) is 0 Å². The second-order valence-corrected chi connectivity index (χ2v) is 6.14. The molecule has 0 amide bonds. The number of aliphatic carboxylic acids is 1. The molecule has 0 saturated heterocycles. The van der Waals surface area contributed by atoms with Crippen molar-refractivity contribution in [2.24, 2.45) is 5.41 Å². The summed E-state index contributed by atoms with van der Waals surface area (Å²) in [7, 11) is 1.66. The Bertz CT molecular complexity index is 692. The van der Waals surface area contributed by atoms with E-state index in [1.807, 2.05) is 25.1 Å². The summed E-state index contributed by atoms with van der Waals surface area (Å²) >= 11 is 0. The van der Waals surface area contributed by atoms with Crippen molar-refractivity contribution in [2.75, 3.05) is 7.11 Å². The molecule has 0 heterocycles. The van der Waals surface area contributed by atoms with Gasteiger partial charge in [0.15, 0.2) is 0 Å². The van der Waals surface area contributed by atoms with Crippen molar-refractivity contribution in [1.82, 2.24) is 0 Å². The van der Waals surface area contributed by atoms with Gasteiger partial charge in [-0.05, 0) is 54.2 Å². The fourth-order valence-electron chi connectivity index (χ4n) is 3.54. The van der Waals surface area contributed by atoms with Gasteiger partial charge in [-0.1, -0.05) is 30.7 Å². The minimum Gasteiger partial charge on any atom is -0.497 e. The van der Waals surface area contributed by atoms with Crippen molar-refractivity contribution in [3.63, 3.8) is 0 Å². The molecule has 1 aliphatic carbocycles. The zero-order valence-electron chi connectivity index (χ0n) is 12.4. The van der Waals surface area contributed by atoms with Gasteiger partial charge >= 0.3 is 5.97 Å². The quantitative estimate of drug-likeness (QED) is 0.918. The third-order valence-electron chi connectivity index (χ3n) is 4.92. The molecule has 2 atom stereocenters. The number of carbonyl (C=O) groups is 1. The molecule has 1 N–H and O–H groups in total. The first-order chi connectivity index (χ1) is 10.0. The summed E-state index contributed by atoms with van der Waals surface area (Å²) in [4.78, 5) is 11.6. The Morgan fingerprint density at radius 3 is 2.67 bits per heavy atom. The number of ether oxygens (including phenoxy) is 1. The molecule has 3 rings (SSSR count). The van der Waals surface area contributed by atoms with E-state index in [0.29, 0.717) is 0 Å². The molecule has 0 aliphatic heterocycles. The monoisotopic (exact) mass is 284 g/mol. The number of hydrogen-bond donors (Lipinski definition) is 1. The fraction of sp³-hybridized carbons (Fsp3) is 0.389. The lowest BCUT2D eigenvalue weighted by Gasteiger charge is -2.27. The highest BCUT2D eigenvalue weighted by Crippen LogP contribution is 2.49. The lowest BCUT2D eigenvalue weighted by atomic mass is 9.76. The summed E-state index contributed by atoms with van der Waals surface area (Å²) in [6, 6.07) is 12.2. The minimum absolute atomic E-state index is 0.0986. The van der Waals surface area contributed by atoms with Crippen LogP contribution < -0.4 is 4.74 Å². The van der Waals surface area contributed by atoms with Crippen LogP contribution in [0.2, 0.25) is 0 Å². The molecule has 1 fully saturated rings. The lowest BCUT2D eigenvalue weighted by molar-refractivity contribution is -0.148. The third-order valence-corrected chi connectivity index (χ3v) is 4.92. The Morgan fingerprint density at radius 2 is 1.95 bits per heavy atom. The van der Waals surface area contributed by atoms with Crippen molar-refractivity contribution in [3.8, 4) is 5.75 Å². The van der Waals surface area contributed by atoms with Crippen molar-refractivity contribution in [2.45, 2.75) is 32.1 Å². The molecular weight excluding hydrogens is 264 g/mol. The number of benzene rings is 2. The van der Waals surface area contributed by atoms with E-state index in [1.54, 1.807) is 7.11 Å². The highest BCUT2D eigenvalue weighted by atomic mass is 16.5. The van der Waals surface area contributed by atoms with Gasteiger partial charge in [0.1, 0.15) is 5.75 Å². The van der Waals surface area contributed by atoms with Gasteiger partial charge in [0.05, 0.1) is 12.5 Å². The average molecular weight is 284 g/mol. The van der Waals surface area contributed by atoms with Gasteiger partial charge in [0.2, 0.25) is 0 Å². The number of fused-ring (bicyclic) bond motifs is 1. The maximum absolute atomic E-state index is 11.6. The van der Waals surface area contributed by atoms with Crippen molar-refractivity contribution < 1.29 is 14.6 Å². The number of rotatable bonds is 3. The van der Waals surface area contributed by atoms with E-state index in [9.17, 15) is 9.90 Å². The first kappa shape index (κ1) is 13.9. The summed E-state index contributed by atoms with van der Waals surface area (Å²) in [6.07, 6.45) is 2.69. The minimum atomic E-state index is -0.681. The van der Waals surface area contributed by atoms with Crippen LogP contribution in [0.5, 0.6) is 5.75 Å². The predicted molar refractivity (Wildman–Crippen MR) is 82.8 cm³/mol. The van der Waals surface area contributed by atoms with Crippen LogP contribution >= 0.6 is 0 Å². The standard InChI is InChI=1S/C18H20O3/c1-18(17(19)20)9-3-4-16(18)14-6-5-13-11-15(21-2)8-7-12(13)10-14/h5-8,10-11,16H,3-4,9H2,1-2H3,(H,19,20)/t16-,18+/m1/s1. The maximum Gasteiger partial charge on any atom is 0.309 e. The van der Waals surface area contributed by atoms with Gasteiger partial charge in [-0.15, -0.1) is 0 Å². The van der Waals surface area contributed by atoms with Gasteiger partial charge in [-0.25, -0.2) is 0 Å². The Labute approximate surface area is 124 Å². The molecule has 3 nitrogen and oxygen atoms in total. The van der Waals surface area contributed by atoms with Gasteiger partial charge in [0, 0.05) is 0 Å². The van der Waals surface area contributed by atoms with E-state index < -0.39 is 11.4 Å². The molecule has 110 valence electrons. The molecule has 21 heavy (non-hydrogen) atoms. The second kappa shape index (κ2) is 5.06. The molecule has 0 spiro atoms. The van der Waals surface area contributed by atoms with Crippen LogP contribution in [0.3, 0.4) is 0 Å². The normalized spacial score (nSPS) is 25.1. The molecule has 1 aliphatic rings. The molecule has 0 aromatic heterocycles. The largest absolute Gasteiger partial charge is 0.497 e. The zero-order chi connectivity index (χ0) is 15.0. The van der Waals surface area contributed by atoms with Gasteiger partial charge in [-0.3, -0.25) is 4.79 Å². The van der Waals surface area contributed by atoms with Crippen LogP contribution in [0.15, 0.2) is 36.4 Å². The lowest BCUT2D eigenvalue weighted by Crippen LogP contribution is -2.30. The molecule has 0 unspecified atom stereocenters. The van der Waals surface area contributed by atoms with E-state index in [-0.39, 0.29) is 5.92 Å². The summed E-state index contributed by atoms with van der Waals surface area (Å²) in [5.41, 5.74) is 0.496. The number of methoxy groups -OCH3 is 1. The van der Waals surface area contributed by atoms with Crippen LogP contribution in [0, 0.1) is 5.41 Å². The Kier molecular flexibility index (Phi) is 3.36. The van der Waals surface area contributed by atoms with E-state index in [2.05, 4.69) is 18.2 Å². The average Bonchev–Trinajstić information content (AvgIpc) is 2.89. The predicted octanol–water partition coefficient (Wildman–Crippen LogP) is 4.21. The number of hydrogen-bond acceptors (Lipinski definition) is 2. The summed E-state index contributed by atoms with van der Waals surface area (Å²) < 4.78 is 5.24. The molecule has 0 radical (unpaired) electrons. The van der Waals surface area contributed by atoms with E-state index in [4.69, 9.17) is 4.74 Å². The van der Waals surface area contributed by atoms with Gasteiger partial charge in [-0.2, -0.15) is 0 Å². The van der Waals surface area contributed by atoms with Crippen molar-refractivity contribution >= 4 is 16.7 Å². The van der Waals surface area contributed by atoms with Crippen LogP contribution in [0.4, 0.5) is 0 Å². The molecule has 3 heteroatoms. The molecule has 0 bridgehead atoms. The zero-order valence-corrected chi connectivity index (χ0v) is 12.4. The highest BCUT2D eigenvalue weighted by Gasteiger charge is 2.45. The van der Waals surface area contributed by atoms with Gasteiger partial charge < -0.3 is 9.84 Å². The van der Waals surface area contributed by atoms with Crippen molar-refractivity contribution in [3.05, 3.63) is 42.0 Å². The van der Waals surface area contributed by atoms with E-state index >= 15 is 0 Å². The van der Waals surface area contributed by atoms with Crippen LogP contribution in [-0.2, 0) is 4.79 Å². The van der Waals surface area contributed by atoms with Crippen LogP contribution in [0.1, 0.15) is 37.7 Å². The summed E-state index contributed by atoms with van der Waals surface area (Å²) in [5, 5.41) is 11.8. The van der Waals surface area contributed by atoms with Crippen LogP contribution in [-0.4, -0.2) is 18.2 Å².